The van der Waals surface area contributed by atoms with E-state index in [9.17, 15) is 15.0 Å². The highest BCUT2D eigenvalue weighted by Gasteiger charge is 2.19. The first-order chi connectivity index (χ1) is 8.57. The van der Waals surface area contributed by atoms with E-state index >= 15 is 0 Å². The molecule has 2 N–H and O–H groups in total. The molecule has 0 unspecified atom stereocenters. The molecular formula is C13H18BrNO3. The summed E-state index contributed by atoms with van der Waals surface area (Å²) in [6.07, 6.45) is 3.02. The van der Waals surface area contributed by atoms with Crippen molar-refractivity contribution in [1.82, 2.24) is 4.90 Å². The van der Waals surface area contributed by atoms with Crippen LogP contribution in [0.25, 0.3) is 0 Å². The van der Waals surface area contributed by atoms with Gasteiger partial charge in [0.2, 0.25) is 0 Å². The minimum Gasteiger partial charge on any atom is -0.507 e. The molecule has 0 atom stereocenters. The molecule has 100 valence electrons. The first-order valence-electron chi connectivity index (χ1n) is 5.90. The van der Waals surface area contributed by atoms with Crippen LogP contribution in [-0.2, 0) is 0 Å². The van der Waals surface area contributed by atoms with Gasteiger partial charge in [-0.15, -0.1) is 0 Å². The van der Waals surface area contributed by atoms with Crippen LogP contribution in [0.4, 0.5) is 0 Å². The Morgan fingerprint density at radius 2 is 1.83 bits per heavy atom. The molecular weight excluding hydrogens is 298 g/mol. The van der Waals surface area contributed by atoms with Gasteiger partial charge in [-0.2, -0.15) is 0 Å². The Hall–Kier alpha value is -1.23. The summed E-state index contributed by atoms with van der Waals surface area (Å²) in [7, 11) is 1.67. The zero-order valence-corrected chi connectivity index (χ0v) is 12.0. The zero-order chi connectivity index (χ0) is 13.5. The Bertz CT molecular complexity index is 389. The van der Waals surface area contributed by atoms with Crippen LogP contribution < -0.4 is 0 Å². The number of carbonyl (C=O) groups is 1. The van der Waals surface area contributed by atoms with Gasteiger partial charge in [0.15, 0.2) is 0 Å². The molecule has 1 rings (SSSR count). The number of benzene rings is 1. The number of hydrogen-bond donors (Lipinski definition) is 2. The molecule has 0 saturated heterocycles. The Morgan fingerprint density at radius 1 is 1.22 bits per heavy atom. The Labute approximate surface area is 115 Å². The summed E-state index contributed by atoms with van der Waals surface area (Å²) in [6.45, 7) is 0.611. The molecule has 0 aliphatic heterocycles. The number of carbonyl (C=O) groups excluding carboxylic acids is 1. The van der Waals surface area contributed by atoms with E-state index in [1.54, 1.807) is 7.05 Å². The van der Waals surface area contributed by atoms with Crippen LogP contribution in [0.3, 0.4) is 0 Å². The number of phenolic OH excluding ortho intramolecular Hbond substituents is 2. The summed E-state index contributed by atoms with van der Waals surface area (Å²) in [6, 6.07) is 4.29. The number of aromatic hydroxyl groups is 2. The molecule has 1 amide bonds. The van der Waals surface area contributed by atoms with Crippen LogP contribution >= 0.6 is 15.9 Å². The molecule has 0 fully saturated rings. The monoisotopic (exact) mass is 315 g/mol. The van der Waals surface area contributed by atoms with Crippen LogP contribution in [0.5, 0.6) is 11.5 Å². The maximum Gasteiger partial charge on any atom is 0.261 e. The second kappa shape index (κ2) is 7.26. The van der Waals surface area contributed by atoms with Gasteiger partial charge in [0.1, 0.15) is 17.1 Å². The SMILES string of the molecule is CN(CCCCCBr)C(=O)c1c(O)cccc1O. The number of rotatable bonds is 6. The normalized spacial score (nSPS) is 10.3. The molecule has 0 heterocycles. The van der Waals surface area contributed by atoms with E-state index in [1.165, 1.54) is 23.1 Å². The van der Waals surface area contributed by atoms with Crippen molar-refractivity contribution in [2.45, 2.75) is 19.3 Å². The molecule has 1 aromatic carbocycles. The van der Waals surface area contributed by atoms with Crippen molar-refractivity contribution in [3.05, 3.63) is 23.8 Å². The fourth-order valence-corrected chi connectivity index (χ4v) is 2.06. The van der Waals surface area contributed by atoms with Gasteiger partial charge in [-0.25, -0.2) is 0 Å². The van der Waals surface area contributed by atoms with Gasteiger partial charge in [-0.1, -0.05) is 28.4 Å². The lowest BCUT2D eigenvalue weighted by molar-refractivity contribution is 0.0786. The maximum absolute atomic E-state index is 12.0. The number of alkyl halides is 1. The fraction of sp³-hybridized carbons (Fsp3) is 0.462. The molecule has 0 aromatic heterocycles. The summed E-state index contributed by atoms with van der Waals surface area (Å²) < 4.78 is 0. The quantitative estimate of drug-likeness (QED) is 0.627. The number of hydrogen-bond acceptors (Lipinski definition) is 3. The van der Waals surface area contributed by atoms with Crippen LogP contribution in [0, 0.1) is 0 Å². The predicted octanol–water partition coefficient (Wildman–Crippen LogP) is 2.74. The summed E-state index contributed by atoms with van der Waals surface area (Å²) in [4.78, 5) is 13.6. The Kier molecular flexibility index (Phi) is 5.98. The number of halogens is 1. The molecule has 0 radical (unpaired) electrons. The lowest BCUT2D eigenvalue weighted by Crippen LogP contribution is -2.27. The number of phenols is 2. The summed E-state index contributed by atoms with van der Waals surface area (Å²) in [5.74, 6) is -0.732. The van der Waals surface area contributed by atoms with E-state index in [4.69, 9.17) is 0 Å². The van der Waals surface area contributed by atoms with E-state index in [1.807, 2.05) is 0 Å². The van der Waals surface area contributed by atoms with Gasteiger partial charge in [0.05, 0.1) is 0 Å². The van der Waals surface area contributed by atoms with Crippen molar-refractivity contribution in [3.63, 3.8) is 0 Å². The average Bonchev–Trinajstić information content (AvgIpc) is 2.34. The lowest BCUT2D eigenvalue weighted by Gasteiger charge is -2.18. The van der Waals surface area contributed by atoms with Crippen molar-refractivity contribution in [1.29, 1.82) is 0 Å². The molecule has 0 aliphatic carbocycles. The second-order valence-corrected chi connectivity index (χ2v) is 4.94. The van der Waals surface area contributed by atoms with E-state index in [0.717, 1.165) is 24.6 Å². The van der Waals surface area contributed by atoms with Crippen molar-refractivity contribution in [3.8, 4) is 11.5 Å². The number of unbranched alkanes of at least 4 members (excludes halogenated alkanes) is 2. The van der Waals surface area contributed by atoms with Crippen LogP contribution in [-0.4, -0.2) is 39.9 Å². The van der Waals surface area contributed by atoms with Gasteiger partial charge >= 0.3 is 0 Å². The minimum absolute atomic E-state index is 0.0273. The van der Waals surface area contributed by atoms with Gasteiger partial charge in [0, 0.05) is 18.9 Å². The molecule has 0 saturated carbocycles. The first kappa shape index (κ1) is 14.8. The number of nitrogens with zero attached hydrogens (tertiary/aromatic N) is 1. The van der Waals surface area contributed by atoms with Crippen LogP contribution in [0.15, 0.2) is 18.2 Å². The third-order valence-corrected chi connectivity index (χ3v) is 3.27. The van der Waals surface area contributed by atoms with Gasteiger partial charge in [-0.05, 0) is 25.0 Å². The molecule has 0 spiro atoms. The van der Waals surface area contributed by atoms with Crippen molar-refractivity contribution in [2.24, 2.45) is 0 Å². The third kappa shape index (κ3) is 3.91. The van der Waals surface area contributed by atoms with E-state index in [0.29, 0.717) is 6.54 Å². The third-order valence-electron chi connectivity index (χ3n) is 2.71. The average molecular weight is 316 g/mol. The predicted molar refractivity (Wildman–Crippen MR) is 74.4 cm³/mol. The van der Waals surface area contributed by atoms with Crippen LogP contribution in [0.2, 0.25) is 0 Å². The van der Waals surface area contributed by atoms with Crippen molar-refractivity contribution >= 4 is 21.8 Å². The highest BCUT2D eigenvalue weighted by molar-refractivity contribution is 9.09. The summed E-state index contributed by atoms with van der Waals surface area (Å²) in [5, 5.41) is 20.2. The number of amides is 1. The lowest BCUT2D eigenvalue weighted by atomic mass is 10.1. The Balaban J connectivity index is 2.63. The molecule has 1 aromatic rings. The molecule has 0 aliphatic rings. The fourth-order valence-electron chi connectivity index (χ4n) is 1.66. The molecule has 5 heteroatoms. The summed E-state index contributed by atoms with van der Waals surface area (Å²) >= 11 is 3.35. The van der Waals surface area contributed by atoms with E-state index in [2.05, 4.69) is 15.9 Å². The topological polar surface area (TPSA) is 60.8 Å². The second-order valence-electron chi connectivity index (χ2n) is 4.15. The largest absolute Gasteiger partial charge is 0.507 e. The van der Waals surface area contributed by atoms with Gasteiger partial charge in [0.25, 0.3) is 5.91 Å². The van der Waals surface area contributed by atoms with E-state index < -0.39 is 0 Å². The molecule has 0 bridgehead atoms. The first-order valence-corrected chi connectivity index (χ1v) is 7.02. The van der Waals surface area contributed by atoms with Gasteiger partial charge in [-0.3, -0.25) is 4.79 Å². The highest BCUT2D eigenvalue weighted by Crippen LogP contribution is 2.27. The highest BCUT2D eigenvalue weighted by atomic mass is 79.9. The molecule has 18 heavy (non-hydrogen) atoms. The maximum atomic E-state index is 12.0. The zero-order valence-electron chi connectivity index (χ0n) is 10.4. The van der Waals surface area contributed by atoms with E-state index in [-0.39, 0.29) is 23.0 Å². The van der Waals surface area contributed by atoms with Gasteiger partial charge < -0.3 is 15.1 Å². The molecule has 4 nitrogen and oxygen atoms in total. The Morgan fingerprint density at radius 3 is 2.39 bits per heavy atom. The minimum atomic E-state index is -0.357. The van der Waals surface area contributed by atoms with Crippen molar-refractivity contribution < 1.29 is 15.0 Å². The standard InChI is InChI=1S/C13H18BrNO3/c1-15(9-4-2-3-8-14)13(18)12-10(16)6-5-7-11(12)17/h5-7,16-17H,2-4,8-9H2,1H3. The smallest absolute Gasteiger partial charge is 0.261 e. The van der Waals surface area contributed by atoms with Crippen LogP contribution in [0.1, 0.15) is 29.6 Å². The van der Waals surface area contributed by atoms with Crippen molar-refractivity contribution in [2.75, 3.05) is 18.9 Å². The summed E-state index contributed by atoms with van der Waals surface area (Å²) in [5.41, 5.74) is -0.0273.